The summed E-state index contributed by atoms with van der Waals surface area (Å²) in [6, 6.07) is 14.9. The van der Waals surface area contributed by atoms with Crippen molar-refractivity contribution in [2.24, 2.45) is 0 Å². The Balaban J connectivity index is 1.62. The van der Waals surface area contributed by atoms with Crippen LogP contribution in [-0.4, -0.2) is 63.7 Å². The van der Waals surface area contributed by atoms with Crippen LogP contribution in [0.15, 0.2) is 65.2 Å². The number of rotatable bonds is 16. The number of aryl methyl sites for hydroxylation is 2. The van der Waals surface area contributed by atoms with Crippen LogP contribution in [-0.2, 0) is 19.4 Å². The maximum atomic E-state index is 14.1. The third kappa shape index (κ3) is 10.0. The van der Waals surface area contributed by atoms with Gasteiger partial charge >= 0.3 is 0 Å². The predicted molar refractivity (Wildman–Crippen MR) is 176 cm³/mol. The first-order valence-corrected chi connectivity index (χ1v) is 16.1. The molecule has 4 aromatic rings. The van der Waals surface area contributed by atoms with Gasteiger partial charge in [0.05, 0.1) is 12.1 Å². The molecule has 9 nitrogen and oxygen atoms in total. The van der Waals surface area contributed by atoms with Gasteiger partial charge in [-0.15, -0.1) is 0 Å². The van der Waals surface area contributed by atoms with Crippen LogP contribution in [0.1, 0.15) is 76.9 Å². The second-order valence-corrected chi connectivity index (χ2v) is 11.7. The summed E-state index contributed by atoms with van der Waals surface area (Å²) < 4.78 is 33.4. The van der Waals surface area contributed by atoms with Crippen molar-refractivity contribution in [3.05, 3.63) is 106 Å². The van der Waals surface area contributed by atoms with Gasteiger partial charge in [-0.1, -0.05) is 50.2 Å². The van der Waals surface area contributed by atoms with Crippen molar-refractivity contribution < 1.29 is 28.0 Å². The van der Waals surface area contributed by atoms with Crippen LogP contribution in [0.3, 0.4) is 0 Å². The molecule has 0 radical (unpaired) electrons. The summed E-state index contributed by atoms with van der Waals surface area (Å²) in [5.74, 6) is -1.82. The normalized spacial score (nSPS) is 12.5. The van der Waals surface area contributed by atoms with Crippen LogP contribution < -0.4 is 10.6 Å². The Labute approximate surface area is 274 Å². The Morgan fingerprint density at radius 3 is 2.23 bits per heavy atom. The Kier molecular flexibility index (Phi) is 12.7. The lowest BCUT2D eigenvalue weighted by Crippen LogP contribution is -2.48. The molecule has 0 saturated heterocycles. The van der Waals surface area contributed by atoms with E-state index in [1.165, 1.54) is 23.8 Å². The van der Waals surface area contributed by atoms with Crippen molar-refractivity contribution in [1.29, 1.82) is 0 Å². The molecule has 0 fully saturated rings. The van der Waals surface area contributed by atoms with E-state index in [9.17, 15) is 23.5 Å². The smallest absolute Gasteiger partial charge is 0.253 e. The largest absolute Gasteiger partial charge is 0.390 e. The molecule has 4 rings (SSSR count). The number of carbonyl (C=O) groups excluding carboxylic acids is 2. The third-order valence-corrected chi connectivity index (χ3v) is 7.74. The number of hydrogen-bond donors (Lipinski definition) is 3. The molecule has 1 heterocycles. The highest BCUT2D eigenvalue weighted by molar-refractivity contribution is 6.01. The summed E-state index contributed by atoms with van der Waals surface area (Å²) in [7, 11) is 0. The lowest BCUT2D eigenvalue weighted by molar-refractivity contribution is 0.0755. The van der Waals surface area contributed by atoms with Crippen LogP contribution in [0.5, 0.6) is 0 Å². The SMILES string of the molecule is CCCN(CCC)C(=O)c1cc(C(=O)N[C@@H](Cc2cc(F)cc(F)c2)C(O)CNCc2cccc(CC)c2)cc(-c2noc(C)n2)c1. The number of benzene rings is 3. The van der Waals surface area contributed by atoms with E-state index >= 15 is 0 Å². The zero-order valence-corrected chi connectivity index (χ0v) is 27.4. The lowest BCUT2D eigenvalue weighted by Gasteiger charge is -2.25. The molecule has 3 N–H and O–H groups in total. The number of aliphatic hydroxyl groups is 1. The Morgan fingerprint density at radius 1 is 0.915 bits per heavy atom. The first kappa shape index (κ1) is 35.4. The molecule has 0 aliphatic rings. The van der Waals surface area contributed by atoms with Gasteiger partial charge < -0.3 is 25.2 Å². The van der Waals surface area contributed by atoms with Crippen molar-refractivity contribution in [3.8, 4) is 11.4 Å². The molecule has 0 saturated carbocycles. The number of halogens is 2. The van der Waals surface area contributed by atoms with E-state index in [4.69, 9.17) is 4.52 Å². The highest BCUT2D eigenvalue weighted by Gasteiger charge is 2.25. The molecule has 250 valence electrons. The molecule has 0 aliphatic carbocycles. The molecule has 0 aliphatic heterocycles. The van der Waals surface area contributed by atoms with Gasteiger partial charge in [-0.2, -0.15) is 4.98 Å². The van der Waals surface area contributed by atoms with E-state index < -0.39 is 29.7 Å². The highest BCUT2D eigenvalue weighted by Crippen LogP contribution is 2.22. The van der Waals surface area contributed by atoms with E-state index in [1.54, 1.807) is 24.0 Å². The van der Waals surface area contributed by atoms with Gasteiger partial charge in [0.2, 0.25) is 11.7 Å². The van der Waals surface area contributed by atoms with Gasteiger partial charge in [-0.25, -0.2) is 8.78 Å². The van der Waals surface area contributed by atoms with E-state index in [2.05, 4.69) is 33.8 Å². The fourth-order valence-corrected chi connectivity index (χ4v) is 5.45. The third-order valence-electron chi connectivity index (χ3n) is 7.74. The summed E-state index contributed by atoms with van der Waals surface area (Å²) in [5, 5.41) is 21.3. The maximum absolute atomic E-state index is 14.1. The summed E-state index contributed by atoms with van der Waals surface area (Å²) in [6.45, 7) is 9.35. The number of nitrogens with zero attached hydrogens (tertiary/aromatic N) is 3. The Bertz CT molecular complexity index is 1630. The minimum atomic E-state index is -1.13. The summed E-state index contributed by atoms with van der Waals surface area (Å²) in [4.78, 5) is 33.5. The first-order chi connectivity index (χ1) is 22.6. The minimum Gasteiger partial charge on any atom is -0.390 e. The van der Waals surface area contributed by atoms with Gasteiger partial charge in [0.1, 0.15) is 11.6 Å². The van der Waals surface area contributed by atoms with Crippen molar-refractivity contribution in [3.63, 3.8) is 0 Å². The van der Waals surface area contributed by atoms with E-state index in [1.807, 2.05) is 32.0 Å². The monoisotopic (exact) mass is 647 g/mol. The van der Waals surface area contributed by atoms with Gasteiger partial charge in [0.15, 0.2) is 0 Å². The fourth-order valence-electron chi connectivity index (χ4n) is 5.45. The Hall–Kier alpha value is -4.48. The van der Waals surface area contributed by atoms with Crippen LogP contribution in [0.25, 0.3) is 11.4 Å². The van der Waals surface area contributed by atoms with Crippen LogP contribution in [0, 0.1) is 18.6 Å². The average Bonchev–Trinajstić information content (AvgIpc) is 3.49. The quantitative estimate of drug-likeness (QED) is 0.144. The van der Waals surface area contributed by atoms with Gasteiger partial charge in [0, 0.05) is 55.9 Å². The number of nitrogens with one attached hydrogen (secondary N) is 2. The highest BCUT2D eigenvalue weighted by atomic mass is 19.1. The molecule has 1 aromatic heterocycles. The number of aromatic nitrogens is 2. The molecule has 1 unspecified atom stereocenters. The zero-order valence-electron chi connectivity index (χ0n) is 27.4. The number of hydrogen-bond acceptors (Lipinski definition) is 7. The molecular weight excluding hydrogens is 604 g/mol. The topological polar surface area (TPSA) is 121 Å². The molecular formula is C36H43F2N5O4. The van der Waals surface area contributed by atoms with Gasteiger partial charge in [0.25, 0.3) is 11.8 Å². The fraction of sp³-hybridized carbons (Fsp3) is 0.389. The molecule has 0 bridgehead atoms. The van der Waals surface area contributed by atoms with Crippen LogP contribution >= 0.6 is 0 Å². The molecule has 3 aromatic carbocycles. The molecule has 2 atom stereocenters. The van der Waals surface area contributed by atoms with E-state index in [0.717, 1.165) is 30.9 Å². The van der Waals surface area contributed by atoms with Crippen molar-refractivity contribution in [1.82, 2.24) is 25.7 Å². The molecule has 47 heavy (non-hydrogen) atoms. The minimum absolute atomic E-state index is 0.0507. The van der Waals surface area contributed by atoms with Crippen molar-refractivity contribution in [2.75, 3.05) is 19.6 Å². The predicted octanol–water partition coefficient (Wildman–Crippen LogP) is 5.64. The van der Waals surface area contributed by atoms with Crippen LogP contribution in [0.2, 0.25) is 0 Å². The van der Waals surface area contributed by atoms with E-state index in [0.29, 0.717) is 31.1 Å². The summed E-state index contributed by atoms with van der Waals surface area (Å²) in [5.41, 5.74) is 3.31. The number of amides is 2. The second kappa shape index (κ2) is 16.9. The molecule has 0 spiro atoms. The molecule has 11 heteroatoms. The zero-order chi connectivity index (χ0) is 33.9. The standard InChI is InChI=1S/C36H43F2N5O4/c1-5-11-43(12-6-2)36(46)29-18-27(34-40-23(4)47-42-34)17-28(19-29)35(45)41-32(16-26-14-30(37)20-31(38)15-26)33(44)22-39-21-25-10-8-9-24(7-3)13-25/h8-10,13-15,17-20,32-33,39,44H,5-7,11-12,16,21-22H2,1-4H3,(H,41,45)/t32-,33?/m0/s1. The number of carbonyl (C=O) groups is 2. The van der Waals surface area contributed by atoms with Gasteiger partial charge in [-0.3, -0.25) is 9.59 Å². The lowest BCUT2D eigenvalue weighted by atomic mass is 9.99. The first-order valence-electron chi connectivity index (χ1n) is 16.1. The van der Waals surface area contributed by atoms with E-state index in [-0.39, 0.29) is 41.4 Å². The van der Waals surface area contributed by atoms with Crippen LogP contribution in [0.4, 0.5) is 8.78 Å². The van der Waals surface area contributed by atoms with Gasteiger partial charge in [-0.05, 0) is 72.7 Å². The maximum Gasteiger partial charge on any atom is 0.253 e. The average molecular weight is 648 g/mol. The summed E-state index contributed by atoms with van der Waals surface area (Å²) in [6.07, 6.45) is 1.24. The van der Waals surface area contributed by atoms with Crippen molar-refractivity contribution >= 4 is 11.8 Å². The molecule has 2 amide bonds. The van der Waals surface area contributed by atoms with Crippen molar-refractivity contribution in [2.45, 2.75) is 72.1 Å². The Morgan fingerprint density at radius 2 is 1.60 bits per heavy atom. The number of aliphatic hydroxyl groups excluding tert-OH is 1. The summed E-state index contributed by atoms with van der Waals surface area (Å²) >= 11 is 0. The second-order valence-electron chi connectivity index (χ2n) is 11.7.